The first-order valence-electron chi connectivity index (χ1n) is 5.97. The standard InChI is InChI=1S/C13H16ClNO2/c1-8-9(13(7-15)2-3-13)6-10(14)12-11(8)16-4-5-17-12/h6H,2-5,7,15H2,1H3. The van der Waals surface area contributed by atoms with Gasteiger partial charge in [-0.25, -0.2) is 0 Å². The summed E-state index contributed by atoms with van der Waals surface area (Å²) in [4.78, 5) is 0. The Morgan fingerprint density at radius 1 is 1.29 bits per heavy atom. The molecule has 1 fully saturated rings. The topological polar surface area (TPSA) is 44.5 Å². The molecular weight excluding hydrogens is 238 g/mol. The van der Waals surface area contributed by atoms with Gasteiger partial charge in [0.2, 0.25) is 0 Å². The molecule has 0 atom stereocenters. The van der Waals surface area contributed by atoms with E-state index in [9.17, 15) is 0 Å². The van der Waals surface area contributed by atoms with Gasteiger partial charge in [-0.2, -0.15) is 0 Å². The van der Waals surface area contributed by atoms with Gasteiger partial charge in [0, 0.05) is 12.0 Å². The molecule has 0 spiro atoms. The lowest BCUT2D eigenvalue weighted by Crippen LogP contribution is -2.23. The van der Waals surface area contributed by atoms with Crippen LogP contribution in [0.5, 0.6) is 11.5 Å². The van der Waals surface area contributed by atoms with Gasteiger partial charge in [0.05, 0.1) is 5.02 Å². The van der Waals surface area contributed by atoms with E-state index >= 15 is 0 Å². The zero-order chi connectivity index (χ0) is 12.0. The summed E-state index contributed by atoms with van der Waals surface area (Å²) in [6, 6.07) is 2.00. The van der Waals surface area contributed by atoms with E-state index in [0.717, 1.165) is 24.2 Å². The Bertz CT molecular complexity index is 469. The monoisotopic (exact) mass is 253 g/mol. The first kappa shape index (κ1) is 11.2. The minimum atomic E-state index is 0.129. The zero-order valence-corrected chi connectivity index (χ0v) is 10.6. The molecular formula is C13H16ClNO2. The van der Waals surface area contributed by atoms with Crippen LogP contribution >= 0.6 is 11.6 Å². The first-order valence-corrected chi connectivity index (χ1v) is 6.35. The van der Waals surface area contributed by atoms with E-state index in [2.05, 4.69) is 6.92 Å². The van der Waals surface area contributed by atoms with E-state index in [0.29, 0.717) is 30.5 Å². The SMILES string of the molecule is Cc1c(C2(CN)CC2)cc(Cl)c2c1OCCO2. The molecule has 1 aromatic rings. The van der Waals surface area contributed by atoms with Crippen LogP contribution in [0.25, 0.3) is 0 Å². The van der Waals surface area contributed by atoms with Crippen LogP contribution in [-0.4, -0.2) is 19.8 Å². The van der Waals surface area contributed by atoms with Gasteiger partial charge >= 0.3 is 0 Å². The molecule has 0 bridgehead atoms. The van der Waals surface area contributed by atoms with Crippen molar-refractivity contribution in [3.8, 4) is 11.5 Å². The molecule has 3 nitrogen and oxygen atoms in total. The fourth-order valence-corrected chi connectivity index (χ4v) is 2.83. The highest BCUT2D eigenvalue weighted by Crippen LogP contribution is 2.53. The van der Waals surface area contributed by atoms with Crippen molar-refractivity contribution < 1.29 is 9.47 Å². The summed E-state index contributed by atoms with van der Waals surface area (Å²) in [5, 5.41) is 0.639. The van der Waals surface area contributed by atoms with E-state index in [1.165, 1.54) is 5.56 Å². The number of fused-ring (bicyclic) bond motifs is 1. The molecule has 1 heterocycles. The number of nitrogens with two attached hydrogens (primary N) is 1. The molecule has 0 unspecified atom stereocenters. The van der Waals surface area contributed by atoms with Gasteiger partial charge in [-0.15, -0.1) is 0 Å². The quantitative estimate of drug-likeness (QED) is 0.880. The van der Waals surface area contributed by atoms with E-state index < -0.39 is 0 Å². The van der Waals surface area contributed by atoms with Gasteiger partial charge in [-0.05, 0) is 37.0 Å². The van der Waals surface area contributed by atoms with Crippen molar-refractivity contribution in [1.82, 2.24) is 0 Å². The Balaban J connectivity index is 2.15. The van der Waals surface area contributed by atoms with Crippen LogP contribution in [0.15, 0.2) is 6.07 Å². The van der Waals surface area contributed by atoms with Crippen LogP contribution in [-0.2, 0) is 5.41 Å². The summed E-state index contributed by atoms with van der Waals surface area (Å²) < 4.78 is 11.3. The smallest absolute Gasteiger partial charge is 0.180 e. The van der Waals surface area contributed by atoms with Crippen molar-refractivity contribution >= 4 is 11.6 Å². The van der Waals surface area contributed by atoms with Crippen molar-refractivity contribution in [1.29, 1.82) is 0 Å². The number of hydrogen-bond donors (Lipinski definition) is 1. The molecule has 92 valence electrons. The second-order valence-corrected chi connectivity index (χ2v) is 5.28. The third-order valence-electron chi connectivity index (χ3n) is 3.83. The second-order valence-electron chi connectivity index (χ2n) is 4.87. The third kappa shape index (κ3) is 1.60. The van der Waals surface area contributed by atoms with Crippen LogP contribution in [0.2, 0.25) is 5.02 Å². The van der Waals surface area contributed by atoms with Crippen molar-refractivity contribution in [2.45, 2.75) is 25.2 Å². The summed E-state index contributed by atoms with van der Waals surface area (Å²) in [5.41, 5.74) is 8.37. The van der Waals surface area contributed by atoms with Crippen molar-refractivity contribution in [2.24, 2.45) is 5.73 Å². The van der Waals surface area contributed by atoms with E-state index in [-0.39, 0.29) is 5.41 Å². The third-order valence-corrected chi connectivity index (χ3v) is 4.11. The minimum Gasteiger partial charge on any atom is -0.486 e. The van der Waals surface area contributed by atoms with Crippen LogP contribution in [0.1, 0.15) is 24.0 Å². The Labute approximate surface area is 106 Å². The number of hydrogen-bond acceptors (Lipinski definition) is 3. The number of rotatable bonds is 2. The number of halogens is 1. The van der Waals surface area contributed by atoms with Gasteiger partial charge in [0.15, 0.2) is 11.5 Å². The second kappa shape index (κ2) is 3.79. The van der Waals surface area contributed by atoms with Gasteiger partial charge in [0.25, 0.3) is 0 Å². The van der Waals surface area contributed by atoms with Gasteiger partial charge in [-0.1, -0.05) is 11.6 Å². The Morgan fingerprint density at radius 2 is 1.94 bits per heavy atom. The van der Waals surface area contributed by atoms with E-state index in [1.807, 2.05) is 6.07 Å². The highest BCUT2D eigenvalue weighted by atomic mass is 35.5. The Morgan fingerprint density at radius 3 is 2.53 bits per heavy atom. The maximum absolute atomic E-state index is 6.26. The predicted octanol–water partition coefficient (Wildman–Crippen LogP) is 2.41. The average Bonchev–Trinajstić information content (AvgIpc) is 3.15. The van der Waals surface area contributed by atoms with Gasteiger partial charge < -0.3 is 15.2 Å². The average molecular weight is 254 g/mol. The molecule has 1 saturated carbocycles. The molecule has 0 amide bonds. The fourth-order valence-electron chi connectivity index (χ4n) is 2.58. The van der Waals surface area contributed by atoms with Crippen LogP contribution in [0.4, 0.5) is 0 Å². The summed E-state index contributed by atoms with van der Waals surface area (Å²) in [6.45, 7) is 3.88. The Hall–Kier alpha value is -0.930. The Kier molecular flexibility index (Phi) is 2.49. The summed E-state index contributed by atoms with van der Waals surface area (Å²) >= 11 is 6.26. The van der Waals surface area contributed by atoms with Crippen LogP contribution < -0.4 is 15.2 Å². The molecule has 0 saturated heterocycles. The van der Waals surface area contributed by atoms with E-state index in [1.54, 1.807) is 0 Å². The van der Waals surface area contributed by atoms with Crippen molar-refractivity contribution in [2.75, 3.05) is 19.8 Å². The fraction of sp³-hybridized carbons (Fsp3) is 0.538. The normalized spacial score (nSPS) is 20.2. The summed E-state index contributed by atoms with van der Waals surface area (Å²) in [7, 11) is 0. The molecule has 2 N–H and O–H groups in total. The van der Waals surface area contributed by atoms with Crippen molar-refractivity contribution in [3.63, 3.8) is 0 Å². The number of ether oxygens (including phenoxy) is 2. The lowest BCUT2D eigenvalue weighted by molar-refractivity contribution is 0.170. The maximum atomic E-state index is 6.26. The molecule has 17 heavy (non-hydrogen) atoms. The highest BCUT2D eigenvalue weighted by molar-refractivity contribution is 6.32. The molecule has 1 aliphatic carbocycles. The first-order chi connectivity index (χ1) is 8.18. The predicted molar refractivity (Wildman–Crippen MR) is 67.1 cm³/mol. The largest absolute Gasteiger partial charge is 0.486 e. The minimum absolute atomic E-state index is 0.129. The number of benzene rings is 1. The molecule has 3 rings (SSSR count). The lowest BCUT2D eigenvalue weighted by atomic mass is 9.91. The van der Waals surface area contributed by atoms with Gasteiger partial charge in [-0.3, -0.25) is 0 Å². The van der Waals surface area contributed by atoms with Crippen LogP contribution in [0.3, 0.4) is 0 Å². The van der Waals surface area contributed by atoms with Gasteiger partial charge in [0.1, 0.15) is 13.2 Å². The van der Waals surface area contributed by atoms with Crippen LogP contribution in [0, 0.1) is 6.92 Å². The molecule has 1 aliphatic heterocycles. The lowest BCUT2D eigenvalue weighted by Gasteiger charge is -2.25. The molecule has 1 aromatic carbocycles. The molecule has 0 aromatic heterocycles. The maximum Gasteiger partial charge on any atom is 0.180 e. The van der Waals surface area contributed by atoms with Crippen molar-refractivity contribution in [3.05, 3.63) is 22.2 Å². The molecule has 4 heteroatoms. The summed E-state index contributed by atoms with van der Waals surface area (Å²) in [5.74, 6) is 1.49. The molecule has 0 radical (unpaired) electrons. The molecule has 2 aliphatic rings. The summed E-state index contributed by atoms with van der Waals surface area (Å²) in [6.07, 6.45) is 2.28. The van der Waals surface area contributed by atoms with E-state index in [4.69, 9.17) is 26.8 Å². The zero-order valence-electron chi connectivity index (χ0n) is 9.88. The highest BCUT2D eigenvalue weighted by Gasteiger charge is 2.45.